The Labute approximate surface area is 125 Å². The van der Waals surface area contributed by atoms with Crippen LogP contribution in [-0.2, 0) is 0 Å². The average molecular weight is 307 g/mol. The van der Waals surface area contributed by atoms with Crippen molar-refractivity contribution in [3.8, 4) is 5.75 Å². The first-order valence-corrected chi connectivity index (χ1v) is 6.24. The van der Waals surface area contributed by atoms with Crippen molar-refractivity contribution in [1.29, 1.82) is 0 Å². The third-order valence-electron chi connectivity index (χ3n) is 2.65. The second-order valence-corrected chi connectivity index (χ2v) is 4.40. The number of benzene rings is 1. The number of pyridine rings is 1. The lowest BCUT2D eigenvalue weighted by molar-refractivity contribution is 0.0698. The van der Waals surface area contributed by atoms with E-state index in [0.29, 0.717) is 5.75 Å². The van der Waals surface area contributed by atoms with Gasteiger partial charge in [0.2, 0.25) is 0 Å². The molecule has 0 spiro atoms. The Morgan fingerprint density at radius 3 is 2.67 bits per heavy atom. The second kappa shape index (κ2) is 6.23. The zero-order chi connectivity index (χ0) is 15.4. The first-order chi connectivity index (χ1) is 10.0. The normalized spacial score (nSPS) is 10.0. The van der Waals surface area contributed by atoms with Crippen LogP contribution in [0.4, 0.5) is 5.69 Å². The van der Waals surface area contributed by atoms with E-state index < -0.39 is 11.9 Å². The first-order valence-electron chi connectivity index (χ1n) is 5.86. The van der Waals surface area contributed by atoms with Crippen molar-refractivity contribution in [3.63, 3.8) is 0 Å². The summed E-state index contributed by atoms with van der Waals surface area (Å²) in [5, 5.41) is 11.8. The van der Waals surface area contributed by atoms with E-state index in [0.717, 1.165) is 0 Å². The highest BCUT2D eigenvalue weighted by Gasteiger charge is 2.15. The summed E-state index contributed by atoms with van der Waals surface area (Å²) in [4.78, 5) is 27.1. The molecule has 1 aromatic carbocycles. The maximum atomic E-state index is 12.1. The maximum absolute atomic E-state index is 12.1. The summed E-state index contributed by atoms with van der Waals surface area (Å²) >= 11 is 5.72. The first kappa shape index (κ1) is 14.8. The number of aromatic carboxylic acids is 1. The zero-order valence-corrected chi connectivity index (χ0v) is 11.7. The SMILES string of the molecule is COc1ccc(C(=O)O)c(NC(=O)c2cccc(Cl)n2)c1. The average Bonchev–Trinajstić information content (AvgIpc) is 2.46. The number of hydrogen-bond acceptors (Lipinski definition) is 4. The molecule has 1 amide bonds. The van der Waals surface area contributed by atoms with Gasteiger partial charge in [-0.05, 0) is 24.3 Å². The van der Waals surface area contributed by atoms with Crippen LogP contribution in [0.3, 0.4) is 0 Å². The van der Waals surface area contributed by atoms with Gasteiger partial charge in [-0.2, -0.15) is 0 Å². The third-order valence-corrected chi connectivity index (χ3v) is 2.86. The van der Waals surface area contributed by atoms with E-state index in [4.69, 9.17) is 21.4 Å². The summed E-state index contributed by atoms with van der Waals surface area (Å²) in [5.74, 6) is -1.30. The second-order valence-electron chi connectivity index (χ2n) is 4.02. The van der Waals surface area contributed by atoms with E-state index >= 15 is 0 Å². The molecule has 0 fully saturated rings. The third kappa shape index (κ3) is 3.49. The summed E-state index contributed by atoms with van der Waals surface area (Å²) in [7, 11) is 1.44. The molecule has 0 radical (unpaired) electrons. The number of carbonyl (C=O) groups is 2. The van der Waals surface area contributed by atoms with Crippen LogP contribution in [-0.4, -0.2) is 29.1 Å². The molecule has 1 aromatic heterocycles. The van der Waals surface area contributed by atoms with Crippen molar-refractivity contribution < 1.29 is 19.4 Å². The summed E-state index contributed by atoms with van der Waals surface area (Å²) in [6, 6.07) is 8.85. The number of methoxy groups -OCH3 is 1. The van der Waals surface area contributed by atoms with Crippen molar-refractivity contribution in [2.24, 2.45) is 0 Å². The Kier molecular flexibility index (Phi) is 4.39. The van der Waals surface area contributed by atoms with Crippen LogP contribution < -0.4 is 10.1 Å². The van der Waals surface area contributed by atoms with Gasteiger partial charge in [0.15, 0.2) is 0 Å². The Balaban J connectivity index is 2.33. The van der Waals surface area contributed by atoms with E-state index in [1.807, 2.05) is 0 Å². The summed E-state index contributed by atoms with van der Waals surface area (Å²) in [5.41, 5.74) is 0.154. The largest absolute Gasteiger partial charge is 0.497 e. The quantitative estimate of drug-likeness (QED) is 0.848. The van der Waals surface area contributed by atoms with Crippen molar-refractivity contribution in [2.45, 2.75) is 0 Å². The number of ether oxygens (including phenoxy) is 1. The molecule has 0 aliphatic rings. The number of halogens is 1. The standard InChI is InChI=1S/C14H11ClN2O4/c1-21-8-5-6-9(14(19)20)11(7-8)17-13(18)10-3-2-4-12(15)16-10/h2-7H,1H3,(H,17,18)(H,19,20). The van der Waals surface area contributed by atoms with Crippen LogP contribution in [0.1, 0.15) is 20.8 Å². The summed E-state index contributed by atoms with van der Waals surface area (Å²) in [6.07, 6.45) is 0. The lowest BCUT2D eigenvalue weighted by atomic mass is 10.1. The number of anilines is 1. The van der Waals surface area contributed by atoms with Gasteiger partial charge in [-0.3, -0.25) is 4.79 Å². The number of nitrogens with one attached hydrogen (secondary N) is 1. The van der Waals surface area contributed by atoms with Crippen LogP contribution in [0.2, 0.25) is 5.15 Å². The molecule has 0 aliphatic carbocycles. The van der Waals surface area contributed by atoms with Crippen LogP contribution >= 0.6 is 11.6 Å². The highest BCUT2D eigenvalue weighted by atomic mass is 35.5. The monoisotopic (exact) mass is 306 g/mol. The lowest BCUT2D eigenvalue weighted by Crippen LogP contribution is -2.16. The van der Waals surface area contributed by atoms with Gasteiger partial charge >= 0.3 is 5.97 Å². The number of hydrogen-bond donors (Lipinski definition) is 2. The molecule has 2 N–H and O–H groups in total. The van der Waals surface area contributed by atoms with Crippen molar-refractivity contribution in [1.82, 2.24) is 4.98 Å². The van der Waals surface area contributed by atoms with Gasteiger partial charge < -0.3 is 15.2 Å². The Morgan fingerprint density at radius 2 is 2.05 bits per heavy atom. The fourth-order valence-corrected chi connectivity index (χ4v) is 1.83. The van der Waals surface area contributed by atoms with E-state index in [-0.39, 0.29) is 22.1 Å². The van der Waals surface area contributed by atoms with Gasteiger partial charge in [-0.25, -0.2) is 9.78 Å². The number of carboxylic acid groups (broad SMARTS) is 1. The number of nitrogens with zero attached hydrogens (tertiary/aromatic N) is 1. The smallest absolute Gasteiger partial charge is 0.337 e. The molecule has 2 aromatic rings. The minimum Gasteiger partial charge on any atom is -0.497 e. The van der Waals surface area contributed by atoms with Gasteiger partial charge in [0.25, 0.3) is 5.91 Å². The Bertz CT molecular complexity index is 703. The number of carbonyl (C=O) groups excluding carboxylic acids is 1. The number of carboxylic acids is 1. The van der Waals surface area contributed by atoms with Crippen LogP contribution in [0.15, 0.2) is 36.4 Å². The topological polar surface area (TPSA) is 88.5 Å². The van der Waals surface area contributed by atoms with Crippen LogP contribution in [0.5, 0.6) is 5.75 Å². The molecule has 0 saturated carbocycles. The number of aromatic nitrogens is 1. The minimum absolute atomic E-state index is 0.0498. The molecule has 0 unspecified atom stereocenters. The van der Waals surface area contributed by atoms with Gasteiger partial charge in [0.05, 0.1) is 18.4 Å². The molecule has 1 heterocycles. The molecule has 21 heavy (non-hydrogen) atoms. The van der Waals surface area contributed by atoms with E-state index in [1.54, 1.807) is 6.07 Å². The van der Waals surface area contributed by atoms with Crippen molar-refractivity contribution in [3.05, 3.63) is 52.8 Å². The summed E-state index contributed by atoms with van der Waals surface area (Å²) < 4.78 is 5.02. The predicted molar refractivity (Wildman–Crippen MR) is 77.2 cm³/mol. The molecular formula is C14H11ClN2O4. The summed E-state index contributed by atoms with van der Waals surface area (Å²) in [6.45, 7) is 0. The number of amides is 1. The molecule has 0 atom stereocenters. The van der Waals surface area contributed by atoms with Crippen molar-refractivity contribution in [2.75, 3.05) is 12.4 Å². The molecule has 108 valence electrons. The van der Waals surface area contributed by atoms with Gasteiger partial charge in [0, 0.05) is 6.07 Å². The lowest BCUT2D eigenvalue weighted by Gasteiger charge is -2.10. The Hall–Kier alpha value is -2.60. The van der Waals surface area contributed by atoms with E-state index in [2.05, 4.69) is 10.3 Å². The van der Waals surface area contributed by atoms with Gasteiger partial charge in [-0.15, -0.1) is 0 Å². The molecule has 7 heteroatoms. The highest BCUT2D eigenvalue weighted by molar-refractivity contribution is 6.29. The minimum atomic E-state index is -1.16. The zero-order valence-electron chi connectivity index (χ0n) is 11.0. The molecule has 0 bridgehead atoms. The van der Waals surface area contributed by atoms with Crippen LogP contribution in [0, 0.1) is 0 Å². The molecular weight excluding hydrogens is 296 g/mol. The highest BCUT2D eigenvalue weighted by Crippen LogP contribution is 2.23. The fourth-order valence-electron chi connectivity index (χ4n) is 1.66. The van der Waals surface area contributed by atoms with E-state index in [9.17, 15) is 9.59 Å². The number of rotatable bonds is 4. The molecule has 6 nitrogen and oxygen atoms in total. The van der Waals surface area contributed by atoms with E-state index in [1.165, 1.54) is 37.4 Å². The van der Waals surface area contributed by atoms with Gasteiger partial charge in [-0.1, -0.05) is 17.7 Å². The fraction of sp³-hybridized carbons (Fsp3) is 0.0714. The molecule has 2 rings (SSSR count). The van der Waals surface area contributed by atoms with Crippen molar-refractivity contribution >= 4 is 29.2 Å². The predicted octanol–water partition coefficient (Wildman–Crippen LogP) is 2.69. The van der Waals surface area contributed by atoms with Gasteiger partial charge in [0.1, 0.15) is 16.6 Å². The maximum Gasteiger partial charge on any atom is 0.337 e. The van der Waals surface area contributed by atoms with Crippen LogP contribution in [0.25, 0.3) is 0 Å². The Morgan fingerprint density at radius 1 is 1.29 bits per heavy atom. The molecule has 0 aliphatic heterocycles. The molecule has 0 saturated heterocycles.